The van der Waals surface area contributed by atoms with Gasteiger partial charge in [0.05, 0.1) is 11.4 Å². The van der Waals surface area contributed by atoms with Crippen LogP contribution < -0.4 is 0 Å². The Bertz CT molecular complexity index is 1830. The van der Waals surface area contributed by atoms with E-state index in [1.807, 2.05) is 133 Å². The molecule has 0 saturated heterocycles. The molecule has 2 aromatic heterocycles. The van der Waals surface area contributed by atoms with Crippen LogP contribution in [0.25, 0.3) is 50.5 Å². The molecule has 2 heterocycles. The van der Waals surface area contributed by atoms with Crippen LogP contribution >= 0.6 is 0 Å². The van der Waals surface area contributed by atoms with Crippen LogP contribution in [-0.4, -0.2) is 23.2 Å². The van der Waals surface area contributed by atoms with Crippen molar-refractivity contribution in [2.45, 2.75) is 0 Å². The van der Waals surface area contributed by atoms with Gasteiger partial charge in [0, 0.05) is 28.6 Å². The van der Waals surface area contributed by atoms with Crippen LogP contribution in [0.5, 0.6) is 0 Å². The maximum absolute atomic E-state index is 13.9. The fraction of sp³-hybridized carbons (Fsp3) is 0. The second kappa shape index (κ2) is 12.0. The SMILES string of the molecule is O=C(/C=C(\OB(F)F)c1[nH]c(-c2ccccc2)cc1-c1ccccc1)c1[nH]c(-c2ccccc2)cc1-c1ccccc1. The average molecular weight is 554 g/mol. The number of aromatic amines is 2. The highest BCUT2D eigenvalue weighted by atomic mass is 19.2. The van der Waals surface area contributed by atoms with Gasteiger partial charge in [-0.1, -0.05) is 121 Å². The number of allylic oxidation sites excluding steroid dienone is 1. The van der Waals surface area contributed by atoms with Crippen molar-refractivity contribution in [1.29, 1.82) is 0 Å². The van der Waals surface area contributed by atoms with E-state index in [1.165, 1.54) is 0 Å². The molecule has 42 heavy (non-hydrogen) atoms. The van der Waals surface area contributed by atoms with Gasteiger partial charge in [-0.2, -0.15) is 0 Å². The third-order valence-corrected chi connectivity index (χ3v) is 6.95. The molecule has 6 rings (SSSR count). The number of benzene rings is 4. The predicted octanol–water partition coefficient (Wildman–Crippen LogP) is 9.18. The zero-order valence-corrected chi connectivity index (χ0v) is 22.4. The van der Waals surface area contributed by atoms with Gasteiger partial charge < -0.3 is 14.6 Å². The van der Waals surface area contributed by atoms with E-state index in [9.17, 15) is 13.4 Å². The standard InChI is InChI=1S/C35H25BF2N2O2/c37-36(38)42-33(35-29(25-15-7-2-8-16-25)22-31(40-35)27-19-11-4-12-20-27)23-32(41)34-28(24-13-5-1-6-14-24)21-30(39-34)26-17-9-3-10-18-26/h1-23,39-40H/b33-23-. The van der Waals surface area contributed by atoms with E-state index in [1.54, 1.807) is 0 Å². The van der Waals surface area contributed by atoms with Crippen molar-refractivity contribution >= 4 is 19.0 Å². The largest absolute Gasteiger partial charge is 0.796 e. The molecule has 4 nitrogen and oxygen atoms in total. The number of hydrogen-bond donors (Lipinski definition) is 2. The van der Waals surface area contributed by atoms with Gasteiger partial charge in [0.2, 0.25) is 5.78 Å². The van der Waals surface area contributed by atoms with Crippen molar-refractivity contribution in [2.75, 3.05) is 0 Å². The monoisotopic (exact) mass is 554 g/mol. The second-order valence-electron chi connectivity index (χ2n) is 9.66. The van der Waals surface area contributed by atoms with E-state index in [0.29, 0.717) is 16.8 Å². The van der Waals surface area contributed by atoms with Crippen molar-refractivity contribution in [3.63, 3.8) is 0 Å². The Labute approximate surface area is 242 Å². The smallest absolute Gasteiger partial charge is 0.503 e. The number of H-pyrrole nitrogens is 2. The van der Waals surface area contributed by atoms with Crippen molar-refractivity contribution < 1.29 is 18.1 Å². The van der Waals surface area contributed by atoms with E-state index in [0.717, 1.165) is 34.0 Å². The first kappa shape index (κ1) is 26.8. The van der Waals surface area contributed by atoms with Crippen LogP contribution in [0.3, 0.4) is 0 Å². The first-order valence-corrected chi connectivity index (χ1v) is 13.5. The molecule has 0 atom stereocenters. The third kappa shape index (κ3) is 5.72. The summed E-state index contributed by atoms with van der Waals surface area (Å²) in [4.78, 5) is 20.4. The summed E-state index contributed by atoms with van der Waals surface area (Å²) in [6, 6.07) is 41.8. The summed E-state index contributed by atoms with van der Waals surface area (Å²) >= 11 is 0. The molecular formula is C35H25BF2N2O2. The van der Waals surface area contributed by atoms with Gasteiger partial charge >= 0.3 is 7.47 Å². The van der Waals surface area contributed by atoms with Crippen molar-refractivity contribution in [3.05, 3.63) is 151 Å². The Morgan fingerprint density at radius 3 is 1.38 bits per heavy atom. The van der Waals surface area contributed by atoms with Crippen LogP contribution in [0.4, 0.5) is 8.63 Å². The molecule has 0 unspecified atom stereocenters. The minimum absolute atomic E-state index is 0.258. The van der Waals surface area contributed by atoms with Crippen LogP contribution in [0, 0.1) is 0 Å². The fourth-order valence-electron chi connectivity index (χ4n) is 4.99. The molecule has 0 amide bonds. The summed E-state index contributed by atoms with van der Waals surface area (Å²) in [5.41, 5.74) is 6.66. The first-order chi connectivity index (χ1) is 20.6. The average Bonchev–Trinajstić information content (AvgIpc) is 3.69. The van der Waals surface area contributed by atoms with Crippen molar-refractivity contribution in [1.82, 2.24) is 9.97 Å². The topological polar surface area (TPSA) is 57.9 Å². The summed E-state index contributed by atoms with van der Waals surface area (Å²) in [6.45, 7) is 0. The number of aromatic nitrogens is 2. The molecule has 204 valence electrons. The summed E-state index contributed by atoms with van der Waals surface area (Å²) in [5.74, 6) is -0.757. The maximum Gasteiger partial charge on any atom is 0.796 e. The fourth-order valence-corrected chi connectivity index (χ4v) is 4.99. The molecule has 0 aliphatic carbocycles. The first-order valence-electron chi connectivity index (χ1n) is 13.5. The normalized spacial score (nSPS) is 11.3. The summed E-state index contributed by atoms with van der Waals surface area (Å²) in [6.07, 6.45) is 1.13. The minimum atomic E-state index is -3.15. The van der Waals surface area contributed by atoms with Crippen LogP contribution in [0.15, 0.2) is 140 Å². The molecule has 0 aliphatic rings. The Balaban J connectivity index is 1.50. The Hall–Kier alpha value is -5.43. The lowest BCUT2D eigenvalue weighted by Crippen LogP contribution is -2.08. The van der Waals surface area contributed by atoms with Crippen LogP contribution in [0.1, 0.15) is 16.2 Å². The highest BCUT2D eigenvalue weighted by Gasteiger charge is 2.26. The number of nitrogens with one attached hydrogen (secondary N) is 2. The lowest BCUT2D eigenvalue weighted by molar-refractivity contribution is 0.104. The molecule has 4 aromatic carbocycles. The van der Waals surface area contributed by atoms with E-state index < -0.39 is 13.3 Å². The number of hydrogen-bond acceptors (Lipinski definition) is 2. The minimum Gasteiger partial charge on any atom is -0.503 e. The molecule has 0 bridgehead atoms. The van der Waals surface area contributed by atoms with Gasteiger partial charge in [-0.25, -0.2) is 8.63 Å². The number of rotatable bonds is 9. The molecular weight excluding hydrogens is 529 g/mol. The summed E-state index contributed by atoms with van der Waals surface area (Å²) in [7, 11) is -3.15. The van der Waals surface area contributed by atoms with E-state index in [2.05, 4.69) is 9.97 Å². The third-order valence-electron chi connectivity index (χ3n) is 6.95. The number of ketones is 1. The van der Waals surface area contributed by atoms with Gasteiger partial charge in [0.25, 0.3) is 0 Å². The van der Waals surface area contributed by atoms with Crippen molar-refractivity contribution in [3.8, 4) is 44.8 Å². The van der Waals surface area contributed by atoms with Gasteiger partial charge in [-0.15, -0.1) is 0 Å². The molecule has 0 radical (unpaired) electrons. The van der Waals surface area contributed by atoms with Gasteiger partial charge in [0.1, 0.15) is 5.76 Å². The van der Waals surface area contributed by atoms with E-state index in [4.69, 9.17) is 4.65 Å². The van der Waals surface area contributed by atoms with Crippen molar-refractivity contribution in [2.24, 2.45) is 0 Å². The lowest BCUT2D eigenvalue weighted by atomic mass is 10.0. The summed E-state index contributed by atoms with van der Waals surface area (Å²) < 4.78 is 32.8. The van der Waals surface area contributed by atoms with Gasteiger partial charge in [-0.3, -0.25) is 4.79 Å². The molecule has 0 fully saturated rings. The number of carbonyl (C=O) groups excluding carboxylic acids is 1. The van der Waals surface area contributed by atoms with E-state index in [-0.39, 0.29) is 17.1 Å². The highest BCUT2D eigenvalue weighted by molar-refractivity contribution is 6.36. The number of carbonyl (C=O) groups is 1. The Morgan fingerprint density at radius 2 is 0.952 bits per heavy atom. The van der Waals surface area contributed by atoms with E-state index >= 15 is 0 Å². The summed E-state index contributed by atoms with van der Waals surface area (Å²) in [5, 5.41) is 0. The number of halogens is 2. The quantitative estimate of drug-likeness (QED) is 0.0811. The molecule has 0 saturated carbocycles. The van der Waals surface area contributed by atoms with Gasteiger partial charge in [0.15, 0.2) is 0 Å². The lowest BCUT2D eigenvalue weighted by Gasteiger charge is -2.10. The molecule has 0 spiro atoms. The molecule has 6 aromatic rings. The second-order valence-corrected chi connectivity index (χ2v) is 9.66. The predicted molar refractivity (Wildman–Crippen MR) is 165 cm³/mol. The van der Waals surface area contributed by atoms with Crippen LogP contribution in [0.2, 0.25) is 0 Å². The molecule has 2 N–H and O–H groups in total. The zero-order valence-electron chi connectivity index (χ0n) is 22.4. The molecule has 7 heteroatoms. The molecule has 0 aliphatic heterocycles. The maximum atomic E-state index is 13.9. The zero-order chi connectivity index (χ0) is 28.9. The Morgan fingerprint density at radius 1 is 0.571 bits per heavy atom. The highest BCUT2D eigenvalue weighted by Crippen LogP contribution is 2.36. The van der Waals surface area contributed by atoms with Gasteiger partial charge in [-0.05, 0) is 34.4 Å². The van der Waals surface area contributed by atoms with Crippen LogP contribution in [-0.2, 0) is 4.65 Å². The Kier molecular flexibility index (Phi) is 7.64.